The molecule has 0 radical (unpaired) electrons. The van der Waals surface area contributed by atoms with Crippen molar-refractivity contribution in [3.05, 3.63) is 63.4 Å². The maximum absolute atomic E-state index is 5.79. The van der Waals surface area contributed by atoms with Crippen LogP contribution in [-0.2, 0) is 6.42 Å². The SMILES string of the molecule is Nc1nc(Cc2ccccc2)c2cc(I)ccc2n1. The Morgan fingerprint density at radius 2 is 1.79 bits per heavy atom. The molecule has 3 aromatic rings. The van der Waals surface area contributed by atoms with Gasteiger partial charge in [-0.15, -0.1) is 0 Å². The second-order valence-corrected chi connectivity index (χ2v) is 5.60. The Morgan fingerprint density at radius 1 is 1.00 bits per heavy atom. The van der Waals surface area contributed by atoms with Crippen molar-refractivity contribution in [3.8, 4) is 0 Å². The zero-order valence-electron chi connectivity index (χ0n) is 10.2. The standard InChI is InChI=1S/C15H12IN3/c16-11-6-7-13-12(9-11)14(19-15(17)18-13)8-10-4-2-1-3-5-10/h1-7,9H,8H2,(H2,17,18,19). The van der Waals surface area contributed by atoms with Gasteiger partial charge in [-0.3, -0.25) is 0 Å². The number of hydrogen-bond acceptors (Lipinski definition) is 3. The van der Waals surface area contributed by atoms with Crippen LogP contribution in [0.5, 0.6) is 0 Å². The van der Waals surface area contributed by atoms with Crippen LogP contribution in [0.3, 0.4) is 0 Å². The number of fused-ring (bicyclic) bond motifs is 1. The van der Waals surface area contributed by atoms with E-state index in [9.17, 15) is 0 Å². The van der Waals surface area contributed by atoms with Gasteiger partial charge < -0.3 is 5.73 Å². The summed E-state index contributed by atoms with van der Waals surface area (Å²) < 4.78 is 1.17. The molecule has 0 fully saturated rings. The van der Waals surface area contributed by atoms with Crippen LogP contribution in [0.4, 0.5) is 5.95 Å². The van der Waals surface area contributed by atoms with Crippen LogP contribution in [0, 0.1) is 3.57 Å². The Bertz CT molecular complexity index is 726. The highest BCUT2D eigenvalue weighted by Crippen LogP contribution is 2.21. The number of nitrogens with two attached hydrogens (primary N) is 1. The van der Waals surface area contributed by atoms with Gasteiger partial charge in [-0.1, -0.05) is 30.3 Å². The van der Waals surface area contributed by atoms with E-state index in [2.05, 4.69) is 50.8 Å². The molecule has 4 heteroatoms. The topological polar surface area (TPSA) is 51.8 Å². The molecular weight excluding hydrogens is 349 g/mol. The van der Waals surface area contributed by atoms with Gasteiger partial charge in [-0.25, -0.2) is 9.97 Å². The molecular formula is C15H12IN3. The maximum Gasteiger partial charge on any atom is 0.220 e. The van der Waals surface area contributed by atoms with E-state index >= 15 is 0 Å². The summed E-state index contributed by atoms with van der Waals surface area (Å²) in [5, 5.41) is 1.07. The minimum absolute atomic E-state index is 0.333. The summed E-state index contributed by atoms with van der Waals surface area (Å²) in [5.41, 5.74) is 8.90. The predicted molar refractivity (Wildman–Crippen MR) is 85.9 cm³/mol. The van der Waals surface area contributed by atoms with Gasteiger partial charge >= 0.3 is 0 Å². The van der Waals surface area contributed by atoms with Crippen molar-refractivity contribution in [2.45, 2.75) is 6.42 Å². The number of benzene rings is 2. The van der Waals surface area contributed by atoms with Gasteiger partial charge in [-0.2, -0.15) is 0 Å². The number of anilines is 1. The van der Waals surface area contributed by atoms with Crippen LogP contribution >= 0.6 is 22.6 Å². The van der Waals surface area contributed by atoms with Crippen LogP contribution in [0.25, 0.3) is 10.9 Å². The second kappa shape index (κ2) is 5.13. The van der Waals surface area contributed by atoms with Gasteiger partial charge in [0, 0.05) is 15.4 Å². The van der Waals surface area contributed by atoms with Gasteiger partial charge in [0.1, 0.15) is 0 Å². The number of aromatic nitrogens is 2. The number of hydrogen-bond donors (Lipinski definition) is 1. The fourth-order valence-electron chi connectivity index (χ4n) is 2.11. The van der Waals surface area contributed by atoms with E-state index in [0.717, 1.165) is 23.0 Å². The monoisotopic (exact) mass is 361 g/mol. The summed E-state index contributed by atoms with van der Waals surface area (Å²) in [6, 6.07) is 16.4. The first kappa shape index (κ1) is 12.3. The first-order valence-electron chi connectivity index (χ1n) is 5.98. The van der Waals surface area contributed by atoms with Crippen LogP contribution in [0.1, 0.15) is 11.3 Å². The third-order valence-electron chi connectivity index (χ3n) is 2.97. The van der Waals surface area contributed by atoms with E-state index in [4.69, 9.17) is 5.73 Å². The normalized spacial score (nSPS) is 10.8. The van der Waals surface area contributed by atoms with Crippen molar-refractivity contribution in [2.24, 2.45) is 0 Å². The van der Waals surface area contributed by atoms with Gasteiger partial charge in [0.15, 0.2) is 0 Å². The van der Waals surface area contributed by atoms with Gasteiger partial charge in [0.05, 0.1) is 11.2 Å². The highest BCUT2D eigenvalue weighted by atomic mass is 127. The lowest BCUT2D eigenvalue weighted by Crippen LogP contribution is -2.02. The van der Waals surface area contributed by atoms with Crippen LogP contribution in [0.2, 0.25) is 0 Å². The van der Waals surface area contributed by atoms with E-state index < -0.39 is 0 Å². The molecule has 0 spiro atoms. The summed E-state index contributed by atoms with van der Waals surface area (Å²) in [6.45, 7) is 0. The van der Waals surface area contributed by atoms with E-state index in [-0.39, 0.29) is 0 Å². The second-order valence-electron chi connectivity index (χ2n) is 4.35. The molecule has 1 aromatic heterocycles. The Morgan fingerprint density at radius 3 is 2.58 bits per heavy atom. The molecule has 0 amide bonds. The molecule has 3 rings (SSSR count). The minimum Gasteiger partial charge on any atom is -0.368 e. The van der Waals surface area contributed by atoms with Crippen molar-refractivity contribution in [3.63, 3.8) is 0 Å². The number of rotatable bonds is 2. The Labute approximate surface area is 125 Å². The van der Waals surface area contributed by atoms with Crippen molar-refractivity contribution < 1.29 is 0 Å². The fourth-order valence-corrected chi connectivity index (χ4v) is 2.60. The van der Waals surface area contributed by atoms with Crippen molar-refractivity contribution in [2.75, 3.05) is 5.73 Å². The minimum atomic E-state index is 0.333. The first-order valence-corrected chi connectivity index (χ1v) is 7.06. The number of halogens is 1. The summed E-state index contributed by atoms with van der Waals surface area (Å²) in [4.78, 5) is 8.68. The van der Waals surface area contributed by atoms with Crippen molar-refractivity contribution in [1.82, 2.24) is 9.97 Å². The molecule has 19 heavy (non-hydrogen) atoms. The lowest BCUT2D eigenvalue weighted by Gasteiger charge is -2.07. The van der Waals surface area contributed by atoms with Crippen LogP contribution in [-0.4, -0.2) is 9.97 Å². The van der Waals surface area contributed by atoms with Gasteiger partial charge in [0.2, 0.25) is 5.95 Å². The lowest BCUT2D eigenvalue weighted by molar-refractivity contribution is 1.07. The van der Waals surface area contributed by atoms with Gasteiger partial charge in [0.25, 0.3) is 0 Å². The van der Waals surface area contributed by atoms with E-state index in [1.54, 1.807) is 0 Å². The molecule has 2 aromatic carbocycles. The highest BCUT2D eigenvalue weighted by Gasteiger charge is 2.07. The molecule has 1 heterocycles. The quantitative estimate of drug-likeness (QED) is 0.712. The summed E-state index contributed by atoms with van der Waals surface area (Å²) >= 11 is 2.30. The predicted octanol–water partition coefficient (Wildman–Crippen LogP) is 3.41. The van der Waals surface area contributed by atoms with E-state index in [0.29, 0.717) is 5.95 Å². The Kier molecular flexibility index (Phi) is 3.33. The zero-order valence-corrected chi connectivity index (χ0v) is 12.3. The molecule has 0 saturated heterocycles. The smallest absolute Gasteiger partial charge is 0.220 e. The van der Waals surface area contributed by atoms with Crippen molar-refractivity contribution >= 4 is 39.4 Å². The molecule has 0 saturated carbocycles. The summed E-state index contributed by atoms with van der Waals surface area (Å²) in [7, 11) is 0. The molecule has 3 nitrogen and oxygen atoms in total. The fraction of sp³-hybridized carbons (Fsp3) is 0.0667. The molecule has 0 atom stereocenters. The Balaban J connectivity index is 2.14. The molecule has 0 aliphatic rings. The highest BCUT2D eigenvalue weighted by molar-refractivity contribution is 14.1. The average Bonchev–Trinajstić information content (AvgIpc) is 2.41. The first-order chi connectivity index (χ1) is 9.22. The molecule has 2 N–H and O–H groups in total. The maximum atomic E-state index is 5.79. The molecule has 0 unspecified atom stereocenters. The lowest BCUT2D eigenvalue weighted by atomic mass is 10.1. The third-order valence-corrected chi connectivity index (χ3v) is 3.64. The number of nitrogens with zero attached hydrogens (tertiary/aromatic N) is 2. The molecule has 0 bridgehead atoms. The van der Waals surface area contributed by atoms with Crippen LogP contribution in [0.15, 0.2) is 48.5 Å². The van der Waals surface area contributed by atoms with Crippen LogP contribution < -0.4 is 5.73 Å². The summed E-state index contributed by atoms with van der Waals surface area (Å²) in [6.07, 6.45) is 0.768. The summed E-state index contributed by atoms with van der Waals surface area (Å²) in [5.74, 6) is 0.333. The van der Waals surface area contributed by atoms with E-state index in [1.807, 2.05) is 30.3 Å². The molecule has 94 valence electrons. The zero-order chi connectivity index (χ0) is 13.2. The average molecular weight is 361 g/mol. The number of nitrogen functional groups attached to an aromatic ring is 1. The molecule has 0 aliphatic carbocycles. The van der Waals surface area contributed by atoms with E-state index in [1.165, 1.54) is 9.13 Å². The third kappa shape index (κ3) is 2.68. The van der Waals surface area contributed by atoms with Crippen molar-refractivity contribution in [1.29, 1.82) is 0 Å². The van der Waals surface area contributed by atoms with Gasteiger partial charge in [-0.05, 0) is 46.4 Å². The molecule has 0 aliphatic heterocycles. The Hall–Kier alpha value is -1.69. The largest absolute Gasteiger partial charge is 0.368 e.